The third-order valence-electron chi connectivity index (χ3n) is 3.85. The molecule has 1 aliphatic carbocycles. The molecule has 2 unspecified atom stereocenters. The summed E-state index contributed by atoms with van der Waals surface area (Å²) >= 11 is 0. The van der Waals surface area contributed by atoms with Gasteiger partial charge in [0.2, 0.25) is 0 Å². The number of ketones is 1. The Kier molecular flexibility index (Phi) is 4.75. The summed E-state index contributed by atoms with van der Waals surface area (Å²) in [5.41, 5.74) is 1.05. The zero-order chi connectivity index (χ0) is 12.1. The van der Waals surface area contributed by atoms with Crippen LogP contribution in [0.1, 0.15) is 44.9 Å². The number of ether oxygens (including phenoxy) is 1. The molecule has 1 fully saturated rings. The van der Waals surface area contributed by atoms with Gasteiger partial charge in [0.1, 0.15) is 0 Å². The Labute approximate surface area is 104 Å². The molecule has 3 nitrogen and oxygen atoms in total. The Morgan fingerprint density at radius 3 is 2.94 bits per heavy atom. The Bertz CT molecular complexity index is 299. The summed E-state index contributed by atoms with van der Waals surface area (Å²) < 4.78 is 5.29. The van der Waals surface area contributed by atoms with Crippen molar-refractivity contribution in [2.45, 2.75) is 57.1 Å². The van der Waals surface area contributed by atoms with Crippen LogP contribution in [-0.2, 0) is 9.53 Å². The van der Waals surface area contributed by atoms with E-state index in [1.807, 2.05) is 0 Å². The number of hydrogen-bond donors (Lipinski definition) is 1. The highest BCUT2D eigenvalue weighted by Gasteiger charge is 2.30. The molecular weight excluding hydrogens is 214 g/mol. The quantitative estimate of drug-likeness (QED) is 0.818. The van der Waals surface area contributed by atoms with Gasteiger partial charge in [0, 0.05) is 13.7 Å². The van der Waals surface area contributed by atoms with E-state index in [1.165, 1.54) is 19.3 Å². The fraction of sp³-hybridized carbons (Fsp3) is 0.786. The lowest BCUT2D eigenvalue weighted by molar-refractivity contribution is -0.117. The van der Waals surface area contributed by atoms with Gasteiger partial charge in [0.25, 0.3) is 0 Å². The largest absolute Gasteiger partial charge is 0.380 e. The van der Waals surface area contributed by atoms with E-state index in [-0.39, 0.29) is 12.1 Å². The molecule has 0 aromatic carbocycles. The molecule has 1 heterocycles. The lowest BCUT2D eigenvalue weighted by Gasteiger charge is -2.14. The maximum absolute atomic E-state index is 12.3. The molecule has 0 bridgehead atoms. The summed E-state index contributed by atoms with van der Waals surface area (Å²) in [5, 5.41) is 3.28. The van der Waals surface area contributed by atoms with E-state index in [1.54, 1.807) is 7.11 Å². The highest BCUT2D eigenvalue weighted by molar-refractivity contribution is 5.99. The van der Waals surface area contributed by atoms with Crippen LogP contribution in [0.25, 0.3) is 0 Å². The third kappa shape index (κ3) is 3.39. The van der Waals surface area contributed by atoms with Gasteiger partial charge in [-0.05, 0) is 37.7 Å². The number of carbonyl (C=O) groups is 1. The predicted molar refractivity (Wildman–Crippen MR) is 68.0 cm³/mol. The molecule has 1 aliphatic heterocycles. The van der Waals surface area contributed by atoms with Gasteiger partial charge in [-0.15, -0.1) is 0 Å². The Hall–Kier alpha value is -0.670. The van der Waals surface area contributed by atoms with E-state index in [4.69, 9.17) is 4.74 Å². The summed E-state index contributed by atoms with van der Waals surface area (Å²) in [6.45, 7) is 0.806. The monoisotopic (exact) mass is 237 g/mol. The summed E-state index contributed by atoms with van der Waals surface area (Å²) in [4.78, 5) is 12.3. The molecule has 0 aromatic rings. The number of methoxy groups -OCH3 is 1. The van der Waals surface area contributed by atoms with Gasteiger partial charge in [0.15, 0.2) is 5.78 Å². The maximum Gasteiger partial charge on any atom is 0.175 e. The Balaban J connectivity index is 1.94. The van der Waals surface area contributed by atoms with Gasteiger partial charge >= 0.3 is 0 Å². The standard InChI is InChI=1S/C14H23NO2/c1-17-12-9-13(15-10-12)14(16)11-7-5-3-2-4-6-8-11/h7,12-13,15H,2-6,8-10H2,1H3. The molecule has 2 aliphatic rings. The van der Waals surface area contributed by atoms with Gasteiger partial charge in [-0.25, -0.2) is 0 Å². The second-order valence-corrected chi connectivity index (χ2v) is 5.10. The van der Waals surface area contributed by atoms with E-state index >= 15 is 0 Å². The third-order valence-corrected chi connectivity index (χ3v) is 3.85. The van der Waals surface area contributed by atoms with Crippen LogP contribution < -0.4 is 5.32 Å². The molecule has 3 heteroatoms. The number of Topliss-reactive ketones (excluding diaryl/α,β-unsaturated/α-hetero) is 1. The summed E-state index contributed by atoms with van der Waals surface area (Å²) in [7, 11) is 1.72. The average Bonchev–Trinajstić information content (AvgIpc) is 2.76. The smallest absolute Gasteiger partial charge is 0.175 e. The van der Waals surface area contributed by atoms with Crippen molar-refractivity contribution in [1.82, 2.24) is 5.32 Å². The van der Waals surface area contributed by atoms with Crippen LogP contribution >= 0.6 is 0 Å². The minimum Gasteiger partial charge on any atom is -0.380 e. The van der Waals surface area contributed by atoms with Crippen LogP contribution in [-0.4, -0.2) is 31.6 Å². The molecule has 0 aromatic heterocycles. The molecule has 0 amide bonds. The first-order valence-corrected chi connectivity index (χ1v) is 6.80. The topological polar surface area (TPSA) is 38.3 Å². The molecule has 2 atom stereocenters. The zero-order valence-corrected chi connectivity index (χ0v) is 10.7. The number of allylic oxidation sites excluding steroid dienone is 1. The SMILES string of the molecule is COC1CNC(C(=O)C2=CCCCCCC2)C1. The van der Waals surface area contributed by atoms with Crippen LogP contribution in [0.5, 0.6) is 0 Å². The van der Waals surface area contributed by atoms with Crippen molar-refractivity contribution in [1.29, 1.82) is 0 Å². The first kappa shape index (κ1) is 12.8. The molecular formula is C14H23NO2. The van der Waals surface area contributed by atoms with Crippen molar-refractivity contribution in [3.05, 3.63) is 11.6 Å². The van der Waals surface area contributed by atoms with Gasteiger partial charge in [-0.1, -0.05) is 18.9 Å². The van der Waals surface area contributed by atoms with Crippen molar-refractivity contribution >= 4 is 5.78 Å². The zero-order valence-electron chi connectivity index (χ0n) is 10.7. The van der Waals surface area contributed by atoms with Crippen molar-refractivity contribution in [2.24, 2.45) is 0 Å². The molecule has 96 valence electrons. The van der Waals surface area contributed by atoms with Crippen LogP contribution in [0.15, 0.2) is 11.6 Å². The molecule has 0 radical (unpaired) electrons. The average molecular weight is 237 g/mol. The van der Waals surface area contributed by atoms with E-state index in [9.17, 15) is 4.79 Å². The normalized spacial score (nSPS) is 30.5. The minimum absolute atomic E-state index is 0.00868. The summed E-state index contributed by atoms with van der Waals surface area (Å²) in [6.07, 6.45) is 10.2. The molecule has 2 rings (SSSR count). The van der Waals surface area contributed by atoms with Crippen LogP contribution in [0.4, 0.5) is 0 Å². The lowest BCUT2D eigenvalue weighted by atomic mass is 9.93. The second-order valence-electron chi connectivity index (χ2n) is 5.10. The van der Waals surface area contributed by atoms with Crippen LogP contribution in [0.2, 0.25) is 0 Å². The molecule has 1 saturated heterocycles. The van der Waals surface area contributed by atoms with Gasteiger partial charge < -0.3 is 10.1 Å². The van der Waals surface area contributed by atoms with E-state index in [2.05, 4.69) is 11.4 Å². The molecule has 0 saturated carbocycles. The van der Waals surface area contributed by atoms with E-state index < -0.39 is 0 Å². The van der Waals surface area contributed by atoms with Gasteiger partial charge in [-0.3, -0.25) is 4.79 Å². The van der Waals surface area contributed by atoms with Crippen molar-refractivity contribution in [3.8, 4) is 0 Å². The lowest BCUT2D eigenvalue weighted by Crippen LogP contribution is -2.32. The van der Waals surface area contributed by atoms with Gasteiger partial charge in [0.05, 0.1) is 12.1 Å². The number of hydrogen-bond acceptors (Lipinski definition) is 3. The molecule has 0 spiro atoms. The fourth-order valence-electron chi connectivity index (χ4n) is 2.72. The number of carbonyl (C=O) groups excluding carboxylic acids is 1. The summed E-state index contributed by atoms with van der Waals surface area (Å²) in [6, 6.07) is -0.00868. The minimum atomic E-state index is -0.00868. The van der Waals surface area contributed by atoms with E-state index in [0.717, 1.165) is 37.8 Å². The van der Waals surface area contributed by atoms with Crippen LogP contribution in [0.3, 0.4) is 0 Å². The van der Waals surface area contributed by atoms with Crippen LogP contribution in [0, 0.1) is 0 Å². The number of nitrogens with one attached hydrogen (secondary N) is 1. The first-order valence-electron chi connectivity index (χ1n) is 6.80. The molecule has 1 N–H and O–H groups in total. The first-order chi connectivity index (χ1) is 8.31. The predicted octanol–water partition coefficient (Wildman–Crippen LogP) is 2.21. The fourth-order valence-corrected chi connectivity index (χ4v) is 2.72. The highest BCUT2D eigenvalue weighted by Crippen LogP contribution is 2.21. The second kappa shape index (κ2) is 6.31. The summed E-state index contributed by atoms with van der Waals surface area (Å²) in [5.74, 6) is 0.312. The van der Waals surface area contributed by atoms with Crippen molar-refractivity contribution in [3.63, 3.8) is 0 Å². The van der Waals surface area contributed by atoms with E-state index in [0.29, 0.717) is 5.78 Å². The molecule has 17 heavy (non-hydrogen) atoms. The highest BCUT2D eigenvalue weighted by atomic mass is 16.5. The van der Waals surface area contributed by atoms with Crippen molar-refractivity contribution < 1.29 is 9.53 Å². The number of rotatable bonds is 3. The van der Waals surface area contributed by atoms with Gasteiger partial charge in [-0.2, -0.15) is 0 Å². The Morgan fingerprint density at radius 1 is 1.35 bits per heavy atom. The Morgan fingerprint density at radius 2 is 2.18 bits per heavy atom. The van der Waals surface area contributed by atoms with Crippen molar-refractivity contribution in [2.75, 3.05) is 13.7 Å². The maximum atomic E-state index is 12.3.